The fraction of sp³-hybridized carbons (Fsp3) is 0.538. The largest absolute Gasteiger partial charge is 0.495 e. The van der Waals surface area contributed by atoms with Gasteiger partial charge in [0.1, 0.15) is 5.75 Å². The van der Waals surface area contributed by atoms with E-state index in [1.54, 1.807) is 7.11 Å². The summed E-state index contributed by atoms with van der Waals surface area (Å²) >= 11 is 6.07. The molecule has 0 aromatic heterocycles. The van der Waals surface area contributed by atoms with Gasteiger partial charge in [0.05, 0.1) is 31.4 Å². The zero-order chi connectivity index (χ0) is 13.2. The molecule has 100 valence electrons. The molecule has 0 unspecified atom stereocenters. The van der Waals surface area contributed by atoms with Crippen LogP contribution in [0.5, 0.6) is 5.75 Å². The van der Waals surface area contributed by atoms with E-state index in [1.807, 2.05) is 32.0 Å². The maximum atomic E-state index is 6.07. The molecule has 2 rings (SSSR count). The van der Waals surface area contributed by atoms with Gasteiger partial charge in [0, 0.05) is 5.69 Å². The van der Waals surface area contributed by atoms with Crippen molar-refractivity contribution >= 4 is 17.3 Å². The first-order chi connectivity index (χ1) is 8.50. The molecule has 0 amide bonds. The van der Waals surface area contributed by atoms with E-state index >= 15 is 0 Å². The van der Waals surface area contributed by atoms with Crippen LogP contribution in [0.4, 0.5) is 5.69 Å². The lowest BCUT2D eigenvalue weighted by atomic mass is 10.2. The molecular formula is C13H18ClNO3. The van der Waals surface area contributed by atoms with Crippen LogP contribution in [0.25, 0.3) is 0 Å². The summed E-state index contributed by atoms with van der Waals surface area (Å²) in [5, 5.41) is 3.90. The maximum Gasteiger partial charge on any atom is 0.162 e. The molecule has 0 radical (unpaired) electrons. The quantitative estimate of drug-likeness (QED) is 0.918. The van der Waals surface area contributed by atoms with Crippen LogP contribution in [-0.4, -0.2) is 32.2 Å². The Morgan fingerprint density at radius 1 is 1.33 bits per heavy atom. The first-order valence-corrected chi connectivity index (χ1v) is 6.26. The number of rotatable bonds is 3. The Morgan fingerprint density at radius 3 is 2.56 bits per heavy atom. The summed E-state index contributed by atoms with van der Waals surface area (Å²) in [6, 6.07) is 5.71. The lowest BCUT2D eigenvalue weighted by molar-refractivity contribution is -0.247. The topological polar surface area (TPSA) is 39.7 Å². The monoisotopic (exact) mass is 271 g/mol. The second-order valence-electron chi connectivity index (χ2n) is 4.71. The molecule has 0 atom stereocenters. The van der Waals surface area contributed by atoms with Crippen molar-refractivity contribution in [3.63, 3.8) is 0 Å². The highest BCUT2D eigenvalue weighted by atomic mass is 35.5. The van der Waals surface area contributed by atoms with Crippen molar-refractivity contribution in [3.8, 4) is 5.75 Å². The van der Waals surface area contributed by atoms with Crippen molar-refractivity contribution in [1.82, 2.24) is 0 Å². The molecule has 0 saturated carbocycles. The highest BCUT2D eigenvalue weighted by Gasteiger charge is 2.28. The van der Waals surface area contributed by atoms with Crippen LogP contribution in [0, 0.1) is 0 Å². The van der Waals surface area contributed by atoms with E-state index in [4.69, 9.17) is 25.8 Å². The molecule has 1 saturated heterocycles. The minimum atomic E-state index is -0.490. The molecule has 1 aliphatic heterocycles. The molecule has 1 N–H and O–H groups in total. The Bertz CT molecular complexity index is 413. The first kappa shape index (κ1) is 13.5. The van der Waals surface area contributed by atoms with E-state index in [9.17, 15) is 0 Å². The van der Waals surface area contributed by atoms with Crippen molar-refractivity contribution in [1.29, 1.82) is 0 Å². The van der Waals surface area contributed by atoms with Gasteiger partial charge >= 0.3 is 0 Å². The predicted octanol–water partition coefficient (Wildman–Crippen LogP) is 2.91. The second kappa shape index (κ2) is 5.34. The summed E-state index contributed by atoms with van der Waals surface area (Å²) in [7, 11) is 1.60. The lowest BCUT2D eigenvalue weighted by Crippen LogP contribution is -2.45. The molecule has 4 nitrogen and oxygen atoms in total. The van der Waals surface area contributed by atoms with Crippen LogP contribution in [0.15, 0.2) is 18.2 Å². The van der Waals surface area contributed by atoms with Crippen LogP contribution in [0.1, 0.15) is 13.8 Å². The zero-order valence-electron chi connectivity index (χ0n) is 10.8. The van der Waals surface area contributed by atoms with E-state index < -0.39 is 5.79 Å². The molecule has 18 heavy (non-hydrogen) atoms. The molecule has 0 aliphatic carbocycles. The van der Waals surface area contributed by atoms with Gasteiger partial charge in [0.25, 0.3) is 0 Å². The molecule has 0 bridgehead atoms. The Hall–Kier alpha value is -0.970. The third-order valence-corrected chi connectivity index (χ3v) is 3.08. The summed E-state index contributed by atoms with van der Waals surface area (Å²) < 4.78 is 16.3. The summed E-state index contributed by atoms with van der Waals surface area (Å²) in [6.45, 7) is 5.04. The standard InChI is InChI=1S/C13H18ClNO3/c1-13(2)17-7-10(8-18-13)15-9-4-5-12(16-3)11(14)6-9/h4-6,10,15H,7-8H2,1-3H3. The van der Waals surface area contributed by atoms with E-state index in [0.717, 1.165) is 5.69 Å². The normalized spacial score (nSPS) is 19.6. The Balaban J connectivity index is 1.96. The highest BCUT2D eigenvalue weighted by Crippen LogP contribution is 2.28. The van der Waals surface area contributed by atoms with Crippen LogP contribution in [0.3, 0.4) is 0 Å². The van der Waals surface area contributed by atoms with Crippen LogP contribution in [0.2, 0.25) is 5.02 Å². The molecular weight excluding hydrogens is 254 g/mol. The molecule has 1 fully saturated rings. The zero-order valence-corrected chi connectivity index (χ0v) is 11.6. The van der Waals surface area contributed by atoms with E-state index in [2.05, 4.69) is 5.32 Å². The smallest absolute Gasteiger partial charge is 0.162 e. The van der Waals surface area contributed by atoms with Crippen LogP contribution >= 0.6 is 11.6 Å². The highest BCUT2D eigenvalue weighted by molar-refractivity contribution is 6.32. The number of benzene rings is 1. The molecule has 1 aliphatic rings. The first-order valence-electron chi connectivity index (χ1n) is 5.88. The number of methoxy groups -OCH3 is 1. The van der Waals surface area contributed by atoms with Gasteiger partial charge in [0.15, 0.2) is 5.79 Å². The van der Waals surface area contributed by atoms with Gasteiger partial charge in [-0.05, 0) is 32.0 Å². The number of nitrogens with one attached hydrogen (secondary N) is 1. The minimum absolute atomic E-state index is 0.127. The second-order valence-corrected chi connectivity index (χ2v) is 5.12. The average Bonchev–Trinajstić information content (AvgIpc) is 2.32. The maximum absolute atomic E-state index is 6.07. The van der Waals surface area contributed by atoms with E-state index in [0.29, 0.717) is 24.0 Å². The van der Waals surface area contributed by atoms with Gasteiger partial charge in [0.2, 0.25) is 0 Å². The van der Waals surface area contributed by atoms with E-state index in [-0.39, 0.29) is 6.04 Å². The van der Waals surface area contributed by atoms with Gasteiger partial charge in [-0.2, -0.15) is 0 Å². The lowest BCUT2D eigenvalue weighted by Gasteiger charge is -2.35. The Kier molecular flexibility index (Phi) is 4.00. The SMILES string of the molecule is COc1ccc(NC2COC(C)(C)OC2)cc1Cl. The minimum Gasteiger partial charge on any atom is -0.495 e. The number of ether oxygens (including phenoxy) is 3. The van der Waals surface area contributed by atoms with Crippen molar-refractivity contribution < 1.29 is 14.2 Å². The van der Waals surface area contributed by atoms with Crippen molar-refractivity contribution in [2.45, 2.75) is 25.7 Å². The summed E-state index contributed by atoms with van der Waals surface area (Å²) in [4.78, 5) is 0. The summed E-state index contributed by atoms with van der Waals surface area (Å²) in [5.41, 5.74) is 0.928. The Morgan fingerprint density at radius 2 is 2.00 bits per heavy atom. The fourth-order valence-corrected chi connectivity index (χ4v) is 2.03. The van der Waals surface area contributed by atoms with Crippen LogP contribution in [-0.2, 0) is 9.47 Å². The third kappa shape index (κ3) is 3.28. The van der Waals surface area contributed by atoms with E-state index in [1.165, 1.54) is 0 Å². The fourth-order valence-electron chi connectivity index (χ4n) is 1.77. The Labute approximate surface area is 112 Å². The molecule has 1 heterocycles. The summed E-state index contributed by atoms with van der Waals surface area (Å²) in [6.07, 6.45) is 0. The average molecular weight is 272 g/mol. The number of anilines is 1. The van der Waals surface area contributed by atoms with Crippen LogP contribution < -0.4 is 10.1 Å². The predicted molar refractivity (Wildman–Crippen MR) is 71.4 cm³/mol. The molecule has 1 aromatic rings. The van der Waals surface area contributed by atoms with Crippen molar-refractivity contribution in [2.24, 2.45) is 0 Å². The van der Waals surface area contributed by atoms with Crippen molar-refractivity contribution in [2.75, 3.05) is 25.6 Å². The van der Waals surface area contributed by atoms with Gasteiger partial charge in [-0.1, -0.05) is 11.6 Å². The van der Waals surface area contributed by atoms with Gasteiger partial charge in [-0.15, -0.1) is 0 Å². The van der Waals surface area contributed by atoms with Crippen molar-refractivity contribution in [3.05, 3.63) is 23.2 Å². The number of hydrogen-bond acceptors (Lipinski definition) is 4. The molecule has 1 aromatic carbocycles. The number of hydrogen-bond donors (Lipinski definition) is 1. The third-order valence-electron chi connectivity index (χ3n) is 2.79. The summed E-state index contributed by atoms with van der Waals surface area (Å²) in [5.74, 6) is 0.176. The van der Waals surface area contributed by atoms with Gasteiger partial charge in [-0.25, -0.2) is 0 Å². The number of halogens is 1. The molecule has 0 spiro atoms. The molecule has 5 heteroatoms. The van der Waals surface area contributed by atoms with Gasteiger partial charge < -0.3 is 19.5 Å². The van der Waals surface area contributed by atoms with Gasteiger partial charge in [-0.3, -0.25) is 0 Å².